The third-order valence-electron chi connectivity index (χ3n) is 3.55. The molecule has 1 aromatic carbocycles. The second-order valence-corrected chi connectivity index (χ2v) is 5.68. The third kappa shape index (κ3) is 6.29. The van der Waals surface area contributed by atoms with Gasteiger partial charge in [0.25, 0.3) is 0 Å². The molecule has 0 saturated heterocycles. The molecule has 148 valence electrons. The van der Waals surface area contributed by atoms with E-state index in [-0.39, 0.29) is 5.78 Å². The Hall–Kier alpha value is -3.03. The first-order chi connectivity index (χ1) is 13.5. The van der Waals surface area contributed by atoms with E-state index in [0.29, 0.717) is 27.7 Å². The van der Waals surface area contributed by atoms with Crippen molar-refractivity contribution < 1.29 is 4.79 Å². The lowest BCUT2D eigenvalue weighted by Crippen LogP contribution is -2.06. The van der Waals surface area contributed by atoms with Crippen LogP contribution in [0.4, 0.5) is 5.82 Å². The first-order valence-corrected chi connectivity index (χ1v) is 9.35. The van der Waals surface area contributed by atoms with E-state index >= 15 is 0 Å². The molecular weight excluding hydrogens is 370 g/mol. The number of aromatic nitrogens is 2. The van der Waals surface area contributed by atoms with E-state index in [2.05, 4.69) is 24.5 Å². The van der Waals surface area contributed by atoms with E-state index in [0.717, 1.165) is 12.1 Å². The Morgan fingerprint density at radius 2 is 1.86 bits per heavy atom. The maximum atomic E-state index is 12.8. The summed E-state index contributed by atoms with van der Waals surface area (Å²) < 4.78 is 1.55. The summed E-state index contributed by atoms with van der Waals surface area (Å²) in [5.41, 5.74) is 8.39. The molecule has 0 atom stereocenters. The van der Waals surface area contributed by atoms with E-state index in [9.17, 15) is 4.79 Å². The number of halogens is 1. The van der Waals surface area contributed by atoms with Crippen molar-refractivity contribution >= 4 is 23.2 Å². The molecule has 1 heterocycles. The number of hydrogen-bond acceptors (Lipinski definition) is 3. The fourth-order valence-corrected chi connectivity index (χ4v) is 2.35. The molecule has 28 heavy (non-hydrogen) atoms. The van der Waals surface area contributed by atoms with Gasteiger partial charge in [-0.05, 0) is 37.6 Å². The van der Waals surface area contributed by atoms with Gasteiger partial charge in [-0.2, -0.15) is 5.10 Å². The van der Waals surface area contributed by atoms with Crippen molar-refractivity contribution in [3.05, 3.63) is 77.0 Å². The van der Waals surface area contributed by atoms with Gasteiger partial charge in [0.2, 0.25) is 5.78 Å². The van der Waals surface area contributed by atoms with Crippen LogP contribution in [0.3, 0.4) is 0 Å². The highest BCUT2D eigenvalue weighted by atomic mass is 35.5. The second-order valence-electron chi connectivity index (χ2n) is 5.24. The van der Waals surface area contributed by atoms with Crippen LogP contribution < -0.4 is 5.73 Å². The Labute approximate surface area is 173 Å². The number of nitrogens with zero attached hydrogens (tertiary/aromatic N) is 2. The SMILES string of the molecule is C#C.C=C/C=C(\C=C/CC)C(=O)c1nn(-c2ccc(Cl)cc2)c(N)c1C.CC. The molecule has 2 N–H and O–H groups in total. The van der Waals surface area contributed by atoms with Gasteiger partial charge >= 0.3 is 0 Å². The number of ketones is 1. The highest BCUT2D eigenvalue weighted by Gasteiger charge is 2.20. The summed E-state index contributed by atoms with van der Waals surface area (Å²) in [6.07, 6.45) is 15.8. The minimum Gasteiger partial charge on any atom is -0.383 e. The molecule has 0 aliphatic heterocycles. The van der Waals surface area contributed by atoms with E-state index < -0.39 is 0 Å². The summed E-state index contributed by atoms with van der Waals surface area (Å²) in [4.78, 5) is 12.8. The molecule has 0 aliphatic carbocycles. The quantitative estimate of drug-likeness (QED) is 0.283. The summed E-state index contributed by atoms with van der Waals surface area (Å²) in [6, 6.07) is 7.11. The molecule has 0 bridgehead atoms. The number of benzene rings is 1. The second kappa shape index (κ2) is 13.2. The predicted molar refractivity (Wildman–Crippen MR) is 121 cm³/mol. The molecule has 0 saturated carbocycles. The van der Waals surface area contributed by atoms with Gasteiger partial charge in [-0.1, -0.05) is 63.3 Å². The number of nitrogen functional groups attached to an aromatic ring is 1. The molecule has 0 amide bonds. The Bertz CT molecular complexity index is 856. The van der Waals surface area contributed by atoms with Gasteiger partial charge in [0.05, 0.1) is 5.69 Å². The number of anilines is 1. The number of rotatable bonds is 6. The van der Waals surface area contributed by atoms with Gasteiger partial charge in [-0.15, -0.1) is 12.8 Å². The zero-order chi connectivity index (χ0) is 21.7. The average molecular weight is 398 g/mol. The average Bonchev–Trinajstić information content (AvgIpc) is 3.03. The minimum atomic E-state index is -0.184. The molecule has 2 aromatic rings. The van der Waals surface area contributed by atoms with Gasteiger partial charge in [0.15, 0.2) is 0 Å². The van der Waals surface area contributed by atoms with Crippen LogP contribution >= 0.6 is 11.6 Å². The number of hydrogen-bond donors (Lipinski definition) is 1. The van der Waals surface area contributed by atoms with Crippen molar-refractivity contribution in [3.63, 3.8) is 0 Å². The fraction of sp³-hybridized carbons (Fsp3) is 0.217. The van der Waals surface area contributed by atoms with Crippen molar-refractivity contribution in [1.29, 1.82) is 0 Å². The van der Waals surface area contributed by atoms with Crippen LogP contribution in [0.25, 0.3) is 5.69 Å². The topological polar surface area (TPSA) is 60.9 Å². The van der Waals surface area contributed by atoms with Crippen LogP contribution in [0.1, 0.15) is 43.2 Å². The van der Waals surface area contributed by atoms with Crippen molar-refractivity contribution in [2.45, 2.75) is 34.1 Å². The van der Waals surface area contributed by atoms with E-state index in [1.165, 1.54) is 0 Å². The lowest BCUT2D eigenvalue weighted by atomic mass is 10.0. The molecule has 0 spiro atoms. The maximum absolute atomic E-state index is 12.8. The monoisotopic (exact) mass is 397 g/mol. The highest BCUT2D eigenvalue weighted by Crippen LogP contribution is 2.23. The molecule has 2 rings (SSSR count). The van der Waals surface area contributed by atoms with Gasteiger partial charge in [-0.25, -0.2) is 4.68 Å². The van der Waals surface area contributed by atoms with Gasteiger partial charge < -0.3 is 5.73 Å². The number of terminal acetylenes is 1. The van der Waals surface area contributed by atoms with Crippen LogP contribution in [0.5, 0.6) is 0 Å². The number of Topliss-reactive ketones (excluding diaryl/α,β-unsaturated/α-hetero) is 1. The number of carbonyl (C=O) groups excluding carboxylic acids is 1. The third-order valence-corrected chi connectivity index (χ3v) is 3.80. The number of nitrogens with two attached hydrogens (primary N) is 1. The Morgan fingerprint density at radius 1 is 1.29 bits per heavy atom. The summed E-state index contributed by atoms with van der Waals surface area (Å²) >= 11 is 5.91. The normalized spacial score (nSPS) is 10.5. The van der Waals surface area contributed by atoms with Crippen molar-refractivity contribution in [3.8, 4) is 18.5 Å². The van der Waals surface area contributed by atoms with E-state index in [1.54, 1.807) is 54.1 Å². The van der Waals surface area contributed by atoms with Crippen LogP contribution in [0.15, 0.2) is 60.7 Å². The van der Waals surface area contributed by atoms with Crippen LogP contribution in [0, 0.1) is 19.8 Å². The van der Waals surface area contributed by atoms with E-state index in [1.807, 2.05) is 26.8 Å². The zero-order valence-corrected chi connectivity index (χ0v) is 17.7. The smallest absolute Gasteiger partial charge is 0.213 e. The first-order valence-electron chi connectivity index (χ1n) is 8.97. The minimum absolute atomic E-state index is 0.184. The molecule has 0 radical (unpaired) electrons. The number of carbonyl (C=O) groups is 1. The molecule has 5 heteroatoms. The van der Waals surface area contributed by atoms with Crippen LogP contribution in [-0.2, 0) is 0 Å². The Morgan fingerprint density at radius 3 is 2.36 bits per heavy atom. The number of allylic oxidation sites excluding steroid dienone is 5. The molecular formula is C23H28ClN3O. The predicted octanol–water partition coefficient (Wildman–Crippen LogP) is 5.95. The highest BCUT2D eigenvalue weighted by molar-refractivity contribution is 6.30. The van der Waals surface area contributed by atoms with Gasteiger partial charge in [0, 0.05) is 16.2 Å². The molecule has 4 nitrogen and oxygen atoms in total. The Balaban J connectivity index is 0.00000171. The summed E-state index contributed by atoms with van der Waals surface area (Å²) in [5.74, 6) is 0.245. The first kappa shape index (κ1) is 25.0. The van der Waals surface area contributed by atoms with Crippen LogP contribution in [-0.4, -0.2) is 15.6 Å². The van der Waals surface area contributed by atoms with Gasteiger partial charge in [0.1, 0.15) is 11.5 Å². The largest absolute Gasteiger partial charge is 0.383 e. The maximum Gasteiger partial charge on any atom is 0.213 e. The lowest BCUT2D eigenvalue weighted by Gasteiger charge is -2.03. The summed E-state index contributed by atoms with van der Waals surface area (Å²) in [7, 11) is 0. The standard InChI is InChI=1S/C19H20ClN3O.C2H6.C2H2/c1-4-6-8-14(7-5-2)18(24)17-13(3)19(21)23(22-17)16-11-9-15(20)10-12-16;2*1-2/h5-12H,2,4,21H2,1,3H3;1-2H3;1-2H/b8-6-,14-7+;;. The molecule has 1 aromatic heterocycles. The Kier molecular flexibility index (Phi) is 11.8. The summed E-state index contributed by atoms with van der Waals surface area (Å²) in [6.45, 7) is 11.5. The van der Waals surface area contributed by atoms with Crippen LogP contribution in [0.2, 0.25) is 5.02 Å². The lowest BCUT2D eigenvalue weighted by molar-refractivity contribution is 0.103. The van der Waals surface area contributed by atoms with Crippen molar-refractivity contribution in [2.24, 2.45) is 0 Å². The molecule has 0 fully saturated rings. The van der Waals surface area contributed by atoms with E-state index in [4.69, 9.17) is 17.3 Å². The summed E-state index contributed by atoms with van der Waals surface area (Å²) in [5, 5.41) is 5.03. The van der Waals surface area contributed by atoms with Crippen molar-refractivity contribution in [2.75, 3.05) is 5.73 Å². The molecule has 0 unspecified atom stereocenters. The fourth-order valence-electron chi connectivity index (χ4n) is 2.22. The zero-order valence-electron chi connectivity index (χ0n) is 16.9. The molecule has 0 aliphatic rings. The van der Waals surface area contributed by atoms with Gasteiger partial charge in [-0.3, -0.25) is 4.79 Å². The van der Waals surface area contributed by atoms with Crippen molar-refractivity contribution in [1.82, 2.24) is 9.78 Å².